The number of nitrogens with zero attached hydrogens (tertiary/aromatic N) is 2. The van der Waals surface area contributed by atoms with E-state index in [2.05, 4.69) is 31.2 Å². The second-order valence-electron chi connectivity index (χ2n) is 4.56. The summed E-state index contributed by atoms with van der Waals surface area (Å²) >= 11 is 3.37. The predicted molar refractivity (Wildman–Crippen MR) is 77.5 cm³/mol. The number of carbonyl (C=O) groups is 1. The largest absolute Gasteiger partial charge is 0.476 e. The van der Waals surface area contributed by atoms with Crippen molar-refractivity contribution in [1.82, 2.24) is 15.3 Å². The number of hydrogen-bond donors (Lipinski definition) is 2. The summed E-state index contributed by atoms with van der Waals surface area (Å²) < 4.78 is 0.960. The molecule has 2 aromatic rings. The number of carboxylic acid groups (broad SMARTS) is 1. The Morgan fingerprint density at radius 2 is 2.00 bits per heavy atom. The van der Waals surface area contributed by atoms with E-state index < -0.39 is 5.97 Å². The molecule has 0 saturated heterocycles. The lowest BCUT2D eigenvalue weighted by atomic mass is 10.0. The minimum atomic E-state index is -1.01. The van der Waals surface area contributed by atoms with Gasteiger partial charge in [0.15, 0.2) is 11.5 Å². The van der Waals surface area contributed by atoms with Gasteiger partial charge in [0.05, 0.1) is 5.69 Å². The van der Waals surface area contributed by atoms with E-state index in [1.165, 1.54) is 0 Å². The van der Waals surface area contributed by atoms with Gasteiger partial charge in [-0.15, -0.1) is 0 Å². The van der Waals surface area contributed by atoms with Gasteiger partial charge in [-0.3, -0.25) is 0 Å². The molecule has 0 bridgehead atoms. The number of carboxylic acids is 1. The Morgan fingerprint density at radius 3 is 2.70 bits per heavy atom. The zero-order valence-corrected chi connectivity index (χ0v) is 12.1. The summed E-state index contributed by atoms with van der Waals surface area (Å²) in [5, 5.41) is 12.5. The number of halogens is 1. The number of aromatic carboxylic acids is 1. The highest BCUT2D eigenvalue weighted by Crippen LogP contribution is 2.23. The van der Waals surface area contributed by atoms with Crippen LogP contribution in [0.3, 0.4) is 0 Å². The summed E-state index contributed by atoms with van der Waals surface area (Å²) in [5.41, 5.74) is 2.44. The third kappa shape index (κ3) is 2.44. The molecule has 1 aromatic carbocycles. The maximum atomic E-state index is 11.4. The Bertz CT molecular complexity index is 671. The smallest absolute Gasteiger partial charge is 0.354 e. The summed E-state index contributed by atoms with van der Waals surface area (Å²) in [5.74, 6) is -0.540. The molecule has 2 N–H and O–H groups in total. The van der Waals surface area contributed by atoms with Crippen molar-refractivity contribution in [3.05, 3.63) is 45.7 Å². The average molecular weight is 334 g/mol. The summed E-state index contributed by atoms with van der Waals surface area (Å²) in [7, 11) is 0. The van der Waals surface area contributed by atoms with Crippen molar-refractivity contribution < 1.29 is 9.90 Å². The Morgan fingerprint density at radius 1 is 1.25 bits per heavy atom. The zero-order chi connectivity index (χ0) is 14.1. The molecular weight excluding hydrogens is 322 g/mol. The molecule has 1 aliphatic rings. The van der Waals surface area contributed by atoms with Crippen molar-refractivity contribution in [1.29, 1.82) is 0 Å². The minimum Gasteiger partial charge on any atom is -0.476 e. The molecule has 3 rings (SSSR count). The molecule has 20 heavy (non-hydrogen) atoms. The summed E-state index contributed by atoms with van der Waals surface area (Å²) in [6.07, 6.45) is 0.724. The highest BCUT2D eigenvalue weighted by Gasteiger charge is 2.21. The number of aromatic nitrogens is 2. The first-order valence-electron chi connectivity index (χ1n) is 6.25. The lowest BCUT2D eigenvalue weighted by molar-refractivity contribution is 0.0688. The molecule has 0 saturated carbocycles. The number of nitrogens with one attached hydrogen (secondary N) is 1. The normalized spacial score (nSPS) is 13.8. The number of benzene rings is 1. The second kappa shape index (κ2) is 5.30. The van der Waals surface area contributed by atoms with Crippen LogP contribution in [0.2, 0.25) is 0 Å². The maximum absolute atomic E-state index is 11.4. The van der Waals surface area contributed by atoms with Crippen LogP contribution < -0.4 is 5.32 Å². The third-order valence-corrected chi connectivity index (χ3v) is 3.77. The Hall–Kier alpha value is -1.79. The van der Waals surface area contributed by atoms with E-state index in [-0.39, 0.29) is 5.69 Å². The molecule has 0 amide bonds. The van der Waals surface area contributed by atoms with Crippen LogP contribution in [0.1, 0.15) is 21.7 Å². The lowest BCUT2D eigenvalue weighted by Gasteiger charge is -2.18. The predicted octanol–water partition coefficient (Wildman–Crippen LogP) is 2.25. The molecule has 0 unspecified atom stereocenters. The Balaban J connectivity index is 2.14. The molecule has 1 aliphatic heterocycles. The van der Waals surface area contributed by atoms with Crippen LogP contribution in [-0.4, -0.2) is 27.6 Å². The van der Waals surface area contributed by atoms with Gasteiger partial charge in [0, 0.05) is 35.1 Å². The van der Waals surface area contributed by atoms with Gasteiger partial charge in [0.2, 0.25) is 0 Å². The topological polar surface area (TPSA) is 75.1 Å². The molecule has 102 valence electrons. The molecule has 0 atom stereocenters. The zero-order valence-electron chi connectivity index (χ0n) is 10.6. The van der Waals surface area contributed by atoms with E-state index in [9.17, 15) is 9.90 Å². The van der Waals surface area contributed by atoms with E-state index in [1.807, 2.05) is 24.3 Å². The third-order valence-electron chi connectivity index (χ3n) is 3.24. The van der Waals surface area contributed by atoms with Crippen LogP contribution in [0.4, 0.5) is 0 Å². The molecule has 0 aliphatic carbocycles. The molecule has 5 nitrogen and oxygen atoms in total. The van der Waals surface area contributed by atoms with Crippen molar-refractivity contribution in [2.75, 3.05) is 6.54 Å². The number of fused-ring (bicyclic) bond motifs is 1. The van der Waals surface area contributed by atoms with E-state index in [0.29, 0.717) is 17.9 Å². The molecule has 1 aromatic heterocycles. The fourth-order valence-electron chi connectivity index (χ4n) is 2.25. The van der Waals surface area contributed by atoms with Gasteiger partial charge >= 0.3 is 5.97 Å². The van der Waals surface area contributed by atoms with Crippen molar-refractivity contribution >= 4 is 21.9 Å². The monoisotopic (exact) mass is 333 g/mol. The van der Waals surface area contributed by atoms with E-state index in [4.69, 9.17) is 0 Å². The van der Waals surface area contributed by atoms with Crippen LogP contribution in [-0.2, 0) is 13.0 Å². The SMILES string of the molecule is O=C(O)c1nc(-c2ccc(Br)cc2)nc2c1CNCC2. The van der Waals surface area contributed by atoms with E-state index in [0.717, 1.165) is 28.7 Å². The highest BCUT2D eigenvalue weighted by molar-refractivity contribution is 9.10. The fraction of sp³-hybridized carbons (Fsp3) is 0.214. The standard InChI is InChI=1S/C14H12BrN3O2/c15-9-3-1-8(2-4-9)13-17-11-5-6-16-7-10(11)12(18-13)14(19)20/h1-4,16H,5-7H2,(H,19,20). The van der Waals surface area contributed by atoms with Crippen molar-refractivity contribution in [3.8, 4) is 11.4 Å². The highest BCUT2D eigenvalue weighted by atomic mass is 79.9. The van der Waals surface area contributed by atoms with E-state index >= 15 is 0 Å². The van der Waals surface area contributed by atoms with Gasteiger partial charge in [-0.1, -0.05) is 28.1 Å². The van der Waals surface area contributed by atoms with E-state index in [1.54, 1.807) is 0 Å². The van der Waals surface area contributed by atoms with Gasteiger partial charge < -0.3 is 10.4 Å². The summed E-state index contributed by atoms with van der Waals surface area (Å²) in [6.45, 7) is 1.32. The first-order chi connectivity index (χ1) is 9.65. The Kier molecular flexibility index (Phi) is 3.50. The van der Waals surface area contributed by atoms with Crippen LogP contribution >= 0.6 is 15.9 Å². The first-order valence-corrected chi connectivity index (χ1v) is 7.04. The van der Waals surface area contributed by atoms with Crippen LogP contribution in [0, 0.1) is 0 Å². The lowest BCUT2D eigenvalue weighted by Crippen LogP contribution is -2.28. The molecular formula is C14H12BrN3O2. The van der Waals surface area contributed by atoms with Gasteiger partial charge in [-0.25, -0.2) is 14.8 Å². The van der Waals surface area contributed by atoms with Gasteiger partial charge in [-0.05, 0) is 12.1 Å². The van der Waals surface area contributed by atoms with Gasteiger partial charge in [0.1, 0.15) is 0 Å². The molecule has 2 heterocycles. The molecule has 6 heteroatoms. The van der Waals surface area contributed by atoms with Crippen LogP contribution in [0.25, 0.3) is 11.4 Å². The molecule has 0 spiro atoms. The number of rotatable bonds is 2. The average Bonchev–Trinajstić information content (AvgIpc) is 2.46. The van der Waals surface area contributed by atoms with Crippen molar-refractivity contribution in [2.45, 2.75) is 13.0 Å². The minimum absolute atomic E-state index is 0.0973. The summed E-state index contributed by atoms with van der Waals surface area (Å²) in [4.78, 5) is 20.1. The number of hydrogen-bond acceptors (Lipinski definition) is 4. The second-order valence-corrected chi connectivity index (χ2v) is 5.48. The first kappa shape index (κ1) is 13.2. The van der Waals surface area contributed by atoms with Gasteiger partial charge in [-0.2, -0.15) is 0 Å². The van der Waals surface area contributed by atoms with Crippen LogP contribution in [0.15, 0.2) is 28.7 Å². The van der Waals surface area contributed by atoms with Crippen molar-refractivity contribution in [2.24, 2.45) is 0 Å². The van der Waals surface area contributed by atoms with Crippen molar-refractivity contribution in [3.63, 3.8) is 0 Å². The quantitative estimate of drug-likeness (QED) is 0.881. The fourth-order valence-corrected chi connectivity index (χ4v) is 2.51. The van der Waals surface area contributed by atoms with Crippen LogP contribution in [0.5, 0.6) is 0 Å². The maximum Gasteiger partial charge on any atom is 0.354 e. The molecule has 0 fully saturated rings. The summed E-state index contributed by atoms with van der Waals surface area (Å²) in [6, 6.07) is 7.53. The Labute approximate surface area is 124 Å². The molecule has 0 radical (unpaired) electrons. The van der Waals surface area contributed by atoms with Gasteiger partial charge in [0.25, 0.3) is 0 Å².